The van der Waals surface area contributed by atoms with Crippen LogP contribution in [0.4, 0.5) is 17.1 Å². The van der Waals surface area contributed by atoms with Crippen molar-refractivity contribution >= 4 is 81.1 Å². The molecule has 2 nitrogen and oxygen atoms in total. The van der Waals surface area contributed by atoms with E-state index in [2.05, 4.69) is 264 Å². The van der Waals surface area contributed by atoms with Crippen LogP contribution in [0.3, 0.4) is 0 Å². The normalized spacial score (nSPS) is 11.6. The maximum Gasteiger partial charge on any atom is 0.0541 e. The summed E-state index contributed by atoms with van der Waals surface area (Å²) in [5, 5.41) is 7.65. The number of para-hydroxylation sites is 2. The summed E-state index contributed by atoms with van der Waals surface area (Å²) < 4.78 is 4.97. The van der Waals surface area contributed by atoms with E-state index < -0.39 is 0 Å². The molecule has 0 aliphatic heterocycles. The quantitative estimate of drug-likeness (QED) is 0.148. The summed E-state index contributed by atoms with van der Waals surface area (Å²) in [6.45, 7) is 0. The van der Waals surface area contributed by atoms with E-state index in [0.29, 0.717) is 0 Å². The average Bonchev–Trinajstić information content (AvgIpc) is 3.95. The van der Waals surface area contributed by atoms with E-state index in [1.54, 1.807) is 0 Å². The van der Waals surface area contributed by atoms with Crippen molar-refractivity contribution in [3.05, 3.63) is 255 Å². The minimum absolute atomic E-state index is 1.11. The molecule has 0 atom stereocenters. The van der Waals surface area contributed by atoms with Gasteiger partial charge < -0.3 is 9.47 Å². The van der Waals surface area contributed by atoms with Gasteiger partial charge in [0.25, 0.3) is 0 Å². The molecule has 3 heteroatoms. The van der Waals surface area contributed by atoms with Crippen molar-refractivity contribution in [1.82, 2.24) is 4.57 Å². The molecule has 0 N–H and O–H groups in total. The third kappa shape index (κ3) is 6.96. The lowest BCUT2D eigenvalue weighted by atomic mass is 9.97. The summed E-state index contributed by atoms with van der Waals surface area (Å²) in [5.74, 6) is 0. The predicted octanol–water partition coefficient (Wildman–Crippen LogP) is 18.4. The fourth-order valence-electron chi connectivity index (χ4n) is 10.0. The Morgan fingerprint density at radius 1 is 0.269 bits per heavy atom. The van der Waals surface area contributed by atoms with Crippen molar-refractivity contribution in [3.8, 4) is 50.2 Å². The number of aromatic nitrogens is 1. The van der Waals surface area contributed by atoms with E-state index in [9.17, 15) is 0 Å². The highest BCUT2D eigenvalue weighted by molar-refractivity contribution is 7.25. The summed E-state index contributed by atoms with van der Waals surface area (Å²) in [6.07, 6.45) is 0. The first-order valence-corrected chi connectivity index (χ1v) is 23.7. The maximum atomic E-state index is 2.39. The predicted molar refractivity (Wildman–Crippen MR) is 288 cm³/mol. The summed E-state index contributed by atoms with van der Waals surface area (Å²) >= 11 is 1.86. The molecule has 11 aromatic carbocycles. The lowest BCUT2D eigenvalue weighted by Gasteiger charge is -2.26. The first-order valence-electron chi connectivity index (χ1n) is 22.9. The average molecular weight is 871 g/mol. The van der Waals surface area contributed by atoms with Crippen molar-refractivity contribution in [2.24, 2.45) is 0 Å². The van der Waals surface area contributed by atoms with Crippen molar-refractivity contribution in [3.63, 3.8) is 0 Å². The first kappa shape index (κ1) is 38.9. The molecule has 0 unspecified atom stereocenters. The SMILES string of the molecule is c1cc(-c2ccc(N(c3ccc(-c4ccc(-c5cccc(-n6c7ccccc7c7ccccc76)c5)cc4)cc3)c3ccc4c(c3)sc3ccccc34)cc2)cc(-c2ccc3ccccc3c2)c1. The van der Waals surface area contributed by atoms with Crippen LogP contribution in [0.25, 0.3) is 103 Å². The van der Waals surface area contributed by atoms with E-state index in [1.165, 1.54) is 97.3 Å². The highest BCUT2D eigenvalue weighted by Crippen LogP contribution is 2.42. The Labute approximate surface area is 393 Å². The Hall–Kier alpha value is -8.50. The molecule has 2 aromatic heterocycles. The summed E-state index contributed by atoms with van der Waals surface area (Å²) in [4.78, 5) is 2.39. The summed E-state index contributed by atoms with van der Waals surface area (Å²) in [5.41, 5.74) is 16.5. The second-order valence-electron chi connectivity index (χ2n) is 17.3. The van der Waals surface area contributed by atoms with Gasteiger partial charge in [-0.1, -0.05) is 176 Å². The van der Waals surface area contributed by atoms with Crippen LogP contribution >= 0.6 is 11.3 Å². The fraction of sp³-hybridized carbons (Fsp3) is 0. The van der Waals surface area contributed by atoms with E-state index in [0.717, 1.165) is 22.7 Å². The molecule has 0 bridgehead atoms. The molecule has 314 valence electrons. The molecule has 0 amide bonds. The summed E-state index contributed by atoms with van der Waals surface area (Å²) in [7, 11) is 0. The molecular formula is C64H42N2S. The highest BCUT2D eigenvalue weighted by atomic mass is 32.1. The fourth-order valence-corrected chi connectivity index (χ4v) is 11.2. The smallest absolute Gasteiger partial charge is 0.0541 e. The molecule has 13 rings (SSSR count). The van der Waals surface area contributed by atoms with Gasteiger partial charge in [-0.2, -0.15) is 0 Å². The topological polar surface area (TPSA) is 8.17 Å². The number of thiophene rings is 1. The monoisotopic (exact) mass is 870 g/mol. The van der Waals surface area contributed by atoms with Crippen LogP contribution in [0.2, 0.25) is 0 Å². The number of rotatable bonds is 8. The minimum atomic E-state index is 1.11. The van der Waals surface area contributed by atoms with Gasteiger partial charge in [-0.05, 0) is 134 Å². The minimum Gasteiger partial charge on any atom is -0.310 e. The number of hydrogen-bond donors (Lipinski definition) is 0. The van der Waals surface area contributed by atoms with Gasteiger partial charge in [0.1, 0.15) is 0 Å². The largest absolute Gasteiger partial charge is 0.310 e. The van der Waals surface area contributed by atoms with Gasteiger partial charge in [-0.3, -0.25) is 0 Å². The Bertz CT molecular complexity index is 3920. The zero-order valence-corrected chi connectivity index (χ0v) is 37.4. The number of nitrogens with zero attached hydrogens (tertiary/aromatic N) is 2. The molecule has 0 aliphatic rings. The summed E-state index contributed by atoms with van der Waals surface area (Å²) in [6, 6.07) is 93.1. The number of fused-ring (bicyclic) bond motifs is 7. The first-order chi connectivity index (χ1) is 33.2. The molecule has 13 aromatic rings. The third-order valence-corrected chi connectivity index (χ3v) is 14.5. The van der Waals surface area contributed by atoms with Gasteiger partial charge >= 0.3 is 0 Å². The maximum absolute atomic E-state index is 2.39. The van der Waals surface area contributed by atoms with E-state index in [-0.39, 0.29) is 0 Å². The van der Waals surface area contributed by atoms with Crippen LogP contribution in [0.15, 0.2) is 255 Å². The molecule has 0 fully saturated rings. The zero-order valence-electron chi connectivity index (χ0n) is 36.6. The van der Waals surface area contributed by atoms with Gasteiger partial charge in [0.2, 0.25) is 0 Å². The second kappa shape index (κ2) is 16.2. The van der Waals surface area contributed by atoms with E-state index >= 15 is 0 Å². The van der Waals surface area contributed by atoms with E-state index in [1.807, 2.05) is 11.3 Å². The Kier molecular flexibility index (Phi) is 9.40. The molecule has 67 heavy (non-hydrogen) atoms. The molecule has 0 spiro atoms. The lowest BCUT2D eigenvalue weighted by molar-refractivity contribution is 1.18. The zero-order chi connectivity index (χ0) is 44.3. The van der Waals surface area contributed by atoms with Crippen molar-refractivity contribution in [2.45, 2.75) is 0 Å². The van der Waals surface area contributed by atoms with Gasteiger partial charge in [0.05, 0.1) is 11.0 Å². The molecule has 0 radical (unpaired) electrons. The van der Waals surface area contributed by atoms with Gasteiger partial charge in [-0.25, -0.2) is 0 Å². The van der Waals surface area contributed by atoms with Crippen LogP contribution in [-0.2, 0) is 0 Å². The Morgan fingerprint density at radius 2 is 0.731 bits per heavy atom. The van der Waals surface area contributed by atoms with Gasteiger partial charge in [-0.15, -0.1) is 11.3 Å². The number of anilines is 3. The van der Waals surface area contributed by atoms with Crippen molar-refractivity contribution in [1.29, 1.82) is 0 Å². The van der Waals surface area contributed by atoms with Crippen LogP contribution < -0.4 is 4.90 Å². The van der Waals surface area contributed by atoms with Crippen molar-refractivity contribution < 1.29 is 0 Å². The number of hydrogen-bond acceptors (Lipinski definition) is 2. The van der Waals surface area contributed by atoms with E-state index in [4.69, 9.17) is 0 Å². The standard InChI is InChI=1S/C64H42N2S/c1-2-12-48-40-52(28-27-43(48)11-1)50-14-9-13-49(39-50)47-31-35-54(36-32-47)65(56-37-38-60-59-19-5-8-22-63(59)67-64(60)42-56)53-33-29-45(30-34-53)44-23-25-46(26-24-44)51-15-10-16-55(41-51)66-61-20-6-3-17-57(61)58-18-4-7-21-62(58)66/h1-42H. The molecular weight excluding hydrogens is 829 g/mol. The van der Waals surface area contributed by atoms with Gasteiger partial charge in [0, 0.05) is 53.7 Å². The Balaban J connectivity index is 0.821. The highest BCUT2D eigenvalue weighted by Gasteiger charge is 2.17. The number of benzene rings is 11. The van der Waals surface area contributed by atoms with Crippen LogP contribution in [0.1, 0.15) is 0 Å². The van der Waals surface area contributed by atoms with Crippen LogP contribution in [0.5, 0.6) is 0 Å². The molecule has 0 aliphatic carbocycles. The molecule has 2 heterocycles. The third-order valence-electron chi connectivity index (χ3n) is 13.4. The van der Waals surface area contributed by atoms with Crippen LogP contribution in [-0.4, -0.2) is 4.57 Å². The van der Waals surface area contributed by atoms with Crippen molar-refractivity contribution in [2.75, 3.05) is 4.90 Å². The van der Waals surface area contributed by atoms with Gasteiger partial charge in [0.15, 0.2) is 0 Å². The second-order valence-corrected chi connectivity index (χ2v) is 18.4. The van der Waals surface area contributed by atoms with Crippen LogP contribution in [0, 0.1) is 0 Å². The lowest BCUT2D eigenvalue weighted by Crippen LogP contribution is -2.09. The molecule has 0 saturated heterocycles. The Morgan fingerprint density at radius 3 is 1.40 bits per heavy atom. The molecule has 0 saturated carbocycles.